The average Bonchev–Trinajstić information content (AvgIpc) is 2.75. The summed E-state index contributed by atoms with van der Waals surface area (Å²) < 4.78 is 26.6. The van der Waals surface area contributed by atoms with E-state index in [2.05, 4.69) is 10.5 Å². The first-order valence-corrected chi connectivity index (χ1v) is 9.63. The minimum Gasteiger partial charge on any atom is -0.378 e. The number of benzene rings is 1. The molecular formula is C18H30N4O8. The zero-order valence-corrected chi connectivity index (χ0v) is 17.0. The summed E-state index contributed by atoms with van der Waals surface area (Å²) in [5.41, 5.74) is 5.39. The molecule has 1 aromatic carbocycles. The molecule has 0 aromatic heterocycles. The molecule has 30 heavy (non-hydrogen) atoms. The number of hydrogen-bond donors (Lipinski definition) is 2. The van der Waals surface area contributed by atoms with E-state index in [1.807, 2.05) is 0 Å². The average molecular weight is 430 g/mol. The summed E-state index contributed by atoms with van der Waals surface area (Å²) in [5, 5.41) is 16.6. The molecule has 170 valence electrons. The van der Waals surface area contributed by atoms with Gasteiger partial charge in [-0.15, -0.1) is 4.91 Å². The summed E-state index contributed by atoms with van der Waals surface area (Å²) >= 11 is 0. The molecule has 12 nitrogen and oxygen atoms in total. The van der Waals surface area contributed by atoms with Gasteiger partial charge in [0.15, 0.2) is 0 Å². The normalized spacial score (nSPS) is 10.8. The molecule has 3 N–H and O–H groups in total. The summed E-state index contributed by atoms with van der Waals surface area (Å²) in [6, 6.07) is 3.97. The molecule has 0 bridgehead atoms. The quantitative estimate of drug-likeness (QED) is 0.134. The number of ether oxygens (including phenoxy) is 5. The van der Waals surface area contributed by atoms with Gasteiger partial charge in [-0.1, -0.05) is 0 Å². The van der Waals surface area contributed by atoms with Crippen LogP contribution in [0.4, 0.5) is 17.1 Å². The third-order valence-corrected chi connectivity index (χ3v) is 3.60. The Labute approximate surface area is 175 Å². The van der Waals surface area contributed by atoms with Crippen LogP contribution in [-0.4, -0.2) is 84.1 Å². The van der Waals surface area contributed by atoms with Crippen LogP contribution in [0.25, 0.3) is 0 Å². The van der Waals surface area contributed by atoms with Crippen LogP contribution < -0.4 is 11.1 Å². The van der Waals surface area contributed by atoms with Crippen molar-refractivity contribution in [2.24, 2.45) is 10.9 Å². The van der Waals surface area contributed by atoms with Crippen LogP contribution in [0.1, 0.15) is 0 Å². The van der Waals surface area contributed by atoms with Gasteiger partial charge >= 0.3 is 0 Å². The van der Waals surface area contributed by atoms with E-state index in [0.29, 0.717) is 84.8 Å². The van der Waals surface area contributed by atoms with Crippen LogP contribution >= 0.6 is 0 Å². The van der Waals surface area contributed by atoms with Crippen LogP contribution in [-0.2, 0) is 23.7 Å². The van der Waals surface area contributed by atoms with E-state index in [4.69, 9.17) is 29.4 Å². The van der Waals surface area contributed by atoms with Gasteiger partial charge in [0, 0.05) is 19.2 Å². The van der Waals surface area contributed by atoms with Gasteiger partial charge in [0.05, 0.1) is 71.0 Å². The van der Waals surface area contributed by atoms with Gasteiger partial charge in [0.25, 0.3) is 5.69 Å². The van der Waals surface area contributed by atoms with E-state index in [1.165, 1.54) is 12.1 Å². The molecule has 1 aromatic rings. The Balaban J connectivity index is 1.93. The van der Waals surface area contributed by atoms with Crippen molar-refractivity contribution in [3.63, 3.8) is 0 Å². The van der Waals surface area contributed by atoms with Crippen LogP contribution in [0.15, 0.2) is 23.4 Å². The van der Waals surface area contributed by atoms with Gasteiger partial charge in [0.1, 0.15) is 11.4 Å². The predicted molar refractivity (Wildman–Crippen MR) is 110 cm³/mol. The first-order valence-electron chi connectivity index (χ1n) is 9.63. The van der Waals surface area contributed by atoms with Crippen LogP contribution in [0, 0.1) is 15.0 Å². The molecule has 0 radical (unpaired) electrons. The third-order valence-electron chi connectivity index (χ3n) is 3.60. The highest BCUT2D eigenvalue weighted by atomic mass is 16.6. The van der Waals surface area contributed by atoms with Gasteiger partial charge in [0.2, 0.25) is 0 Å². The summed E-state index contributed by atoms with van der Waals surface area (Å²) in [5.74, 6) is 0. The molecule has 0 heterocycles. The van der Waals surface area contributed by atoms with Crippen molar-refractivity contribution in [1.82, 2.24) is 0 Å². The number of nitro groups is 1. The SMILES string of the molecule is NCCOCCOCCOCCOCCOCCNc1ccc(N=O)cc1[N+](=O)[O-]. The van der Waals surface area contributed by atoms with E-state index >= 15 is 0 Å². The third kappa shape index (κ3) is 12.4. The molecule has 0 spiro atoms. The Morgan fingerprint density at radius 2 is 1.37 bits per heavy atom. The molecule has 0 aliphatic rings. The highest BCUT2D eigenvalue weighted by Crippen LogP contribution is 2.28. The Morgan fingerprint density at radius 3 is 1.83 bits per heavy atom. The topological polar surface area (TPSA) is 157 Å². The number of nitrogens with one attached hydrogen (secondary N) is 1. The van der Waals surface area contributed by atoms with Crippen molar-refractivity contribution in [1.29, 1.82) is 0 Å². The van der Waals surface area contributed by atoms with Crippen molar-refractivity contribution in [2.75, 3.05) is 84.5 Å². The van der Waals surface area contributed by atoms with Gasteiger partial charge in [-0.05, 0) is 17.3 Å². The second kappa shape index (κ2) is 17.6. The van der Waals surface area contributed by atoms with Crippen molar-refractivity contribution in [2.45, 2.75) is 0 Å². The number of hydrogen-bond acceptors (Lipinski definition) is 11. The van der Waals surface area contributed by atoms with Crippen LogP contribution in [0.2, 0.25) is 0 Å². The molecule has 12 heteroatoms. The van der Waals surface area contributed by atoms with Gasteiger partial charge in [-0.25, -0.2) is 0 Å². The number of nitroso groups, excluding NO2 is 1. The Kier molecular flexibility index (Phi) is 15.2. The van der Waals surface area contributed by atoms with E-state index < -0.39 is 4.92 Å². The fourth-order valence-corrected chi connectivity index (χ4v) is 2.20. The van der Waals surface area contributed by atoms with Crippen molar-refractivity contribution >= 4 is 17.1 Å². The monoisotopic (exact) mass is 430 g/mol. The first kappa shape index (κ1) is 25.8. The fraction of sp³-hybridized carbons (Fsp3) is 0.667. The smallest absolute Gasteiger partial charge is 0.294 e. The van der Waals surface area contributed by atoms with Gasteiger partial charge < -0.3 is 34.7 Å². The molecule has 0 saturated heterocycles. The Hall–Kier alpha value is -2.22. The van der Waals surface area contributed by atoms with E-state index in [1.54, 1.807) is 0 Å². The van der Waals surface area contributed by atoms with E-state index in [0.717, 1.165) is 6.07 Å². The maximum atomic E-state index is 11.0. The number of nitrogens with two attached hydrogens (primary N) is 1. The fourth-order valence-electron chi connectivity index (χ4n) is 2.20. The molecule has 0 aliphatic heterocycles. The lowest BCUT2D eigenvalue weighted by Gasteiger charge is -2.09. The predicted octanol–water partition coefficient (Wildman–Crippen LogP) is 1.45. The van der Waals surface area contributed by atoms with Crippen LogP contribution in [0.5, 0.6) is 0 Å². The lowest BCUT2D eigenvalue weighted by atomic mass is 10.2. The van der Waals surface area contributed by atoms with Crippen molar-refractivity contribution in [3.8, 4) is 0 Å². The summed E-state index contributed by atoms with van der Waals surface area (Å²) in [6.45, 7) is 5.49. The molecule has 0 atom stereocenters. The van der Waals surface area contributed by atoms with Crippen molar-refractivity contribution in [3.05, 3.63) is 33.2 Å². The Morgan fingerprint density at radius 1 is 0.867 bits per heavy atom. The van der Waals surface area contributed by atoms with E-state index in [-0.39, 0.29) is 11.4 Å². The highest BCUT2D eigenvalue weighted by molar-refractivity contribution is 5.66. The zero-order valence-electron chi connectivity index (χ0n) is 17.0. The zero-order chi connectivity index (χ0) is 21.9. The molecule has 0 aliphatic carbocycles. The standard InChI is InChI=1S/C18H30N4O8/c19-3-5-26-7-9-28-11-13-30-14-12-29-10-8-27-6-4-20-17-2-1-16(21-23)15-18(17)22(24)25/h1-2,15,20H,3-14,19H2. The summed E-state index contributed by atoms with van der Waals surface area (Å²) in [7, 11) is 0. The number of nitro benzene ring substituents is 1. The Bertz CT molecular complexity index is 606. The summed E-state index contributed by atoms with van der Waals surface area (Å²) in [6.07, 6.45) is 0. The minimum atomic E-state index is -0.572. The summed E-state index contributed by atoms with van der Waals surface area (Å²) in [4.78, 5) is 20.9. The van der Waals surface area contributed by atoms with Gasteiger partial charge in [-0.2, -0.15) is 0 Å². The molecular weight excluding hydrogens is 400 g/mol. The highest BCUT2D eigenvalue weighted by Gasteiger charge is 2.14. The number of anilines is 1. The van der Waals surface area contributed by atoms with E-state index in [9.17, 15) is 15.0 Å². The maximum absolute atomic E-state index is 11.0. The second-order valence-corrected chi connectivity index (χ2v) is 5.83. The van der Waals surface area contributed by atoms with Gasteiger partial charge in [-0.3, -0.25) is 10.1 Å². The molecule has 0 amide bonds. The lowest BCUT2D eigenvalue weighted by molar-refractivity contribution is -0.383. The second-order valence-electron chi connectivity index (χ2n) is 5.83. The van der Waals surface area contributed by atoms with Crippen LogP contribution in [0.3, 0.4) is 0 Å². The molecule has 0 saturated carbocycles. The number of rotatable bonds is 20. The molecule has 1 rings (SSSR count). The molecule has 0 unspecified atom stereocenters. The maximum Gasteiger partial charge on any atom is 0.294 e. The first-order chi connectivity index (χ1) is 14.7. The lowest BCUT2D eigenvalue weighted by Crippen LogP contribution is -2.15. The minimum absolute atomic E-state index is 0.00470. The number of nitrogens with zero attached hydrogens (tertiary/aromatic N) is 2. The molecule has 0 fully saturated rings. The largest absolute Gasteiger partial charge is 0.378 e. The van der Waals surface area contributed by atoms with Crippen molar-refractivity contribution < 1.29 is 28.6 Å².